The molecule has 106 valence electrons. The lowest BCUT2D eigenvalue weighted by Crippen LogP contribution is -2.37. The van der Waals surface area contributed by atoms with E-state index in [1.54, 1.807) is 12.1 Å². The highest BCUT2D eigenvalue weighted by atomic mass is 16.5. The first-order valence-corrected chi connectivity index (χ1v) is 6.45. The van der Waals surface area contributed by atoms with Crippen molar-refractivity contribution in [3.63, 3.8) is 0 Å². The maximum atomic E-state index is 11.5. The predicted molar refractivity (Wildman–Crippen MR) is 71.6 cm³/mol. The van der Waals surface area contributed by atoms with Gasteiger partial charge < -0.3 is 19.1 Å². The largest absolute Gasteiger partial charge is 0.546 e. The van der Waals surface area contributed by atoms with Crippen LogP contribution in [0.5, 0.6) is 5.75 Å². The summed E-state index contributed by atoms with van der Waals surface area (Å²) in [4.78, 5) is 22.2. The van der Waals surface area contributed by atoms with Crippen molar-refractivity contribution in [1.29, 1.82) is 0 Å². The first kappa shape index (κ1) is 14.1. The van der Waals surface area contributed by atoms with E-state index in [1.165, 1.54) is 19.1 Å². The van der Waals surface area contributed by atoms with Gasteiger partial charge in [-0.25, -0.2) is 4.79 Å². The van der Waals surface area contributed by atoms with Crippen LogP contribution in [0.2, 0.25) is 0 Å². The summed E-state index contributed by atoms with van der Waals surface area (Å²) in [5, 5.41) is 11.5. The van der Waals surface area contributed by atoms with Crippen molar-refractivity contribution in [3.05, 3.63) is 40.2 Å². The highest BCUT2D eigenvalue weighted by Crippen LogP contribution is 2.24. The van der Waals surface area contributed by atoms with Crippen molar-refractivity contribution in [3.8, 4) is 5.75 Å². The maximum Gasteiger partial charge on any atom is 0.336 e. The van der Waals surface area contributed by atoms with E-state index in [4.69, 9.17) is 9.15 Å². The van der Waals surface area contributed by atoms with E-state index in [2.05, 4.69) is 0 Å². The molecule has 0 N–H and O–H groups in total. The van der Waals surface area contributed by atoms with Crippen molar-refractivity contribution in [2.75, 3.05) is 0 Å². The Morgan fingerprint density at radius 2 is 2.15 bits per heavy atom. The molecule has 0 fully saturated rings. The highest BCUT2D eigenvalue weighted by molar-refractivity contribution is 5.81. The van der Waals surface area contributed by atoms with Crippen LogP contribution in [0.15, 0.2) is 33.5 Å². The number of hydrogen-bond donors (Lipinski definition) is 0. The monoisotopic (exact) mass is 275 g/mol. The van der Waals surface area contributed by atoms with Crippen LogP contribution >= 0.6 is 0 Å². The lowest BCUT2D eigenvalue weighted by Gasteiger charge is -2.15. The SMILES string of the molecule is CCCc1cc(=O)oc2cc(O[C@@H](C)C(=O)[O-])ccc12. The topological polar surface area (TPSA) is 79.6 Å². The summed E-state index contributed by atoms with van der Waals surface area (Å²) in [7, 11) is 0. The van der Waals surface area contributed by atoms with Gasteiger partial charge in [-0.05, 0) is 31.0 Å². The molecule has 0 saturated heterocycles. The summed E-state index contributed by atoms with van der Waals surface area (Å²) in [6, 6.07) is 6.42. The molecule has 2 aromatic rings. The fourth-order valence-corrected chi connectivity index (χ4v) is 2.01. The zero-order valence-electron chi connectivity index (χ0n) is 11.3. The van der Waals surface area contributed by atoms with Crippen LogP contribution in [0, 0.1) is 0 Å². The number of aliphatic carboxylic acids is 1. The lowest BCUT2D eigenvalue weighted by atomic mass is 10.1. The Morgan fingerprint density at radius 1 is 1.40 bits per heavy atom. The molecule has 0 amide bonds. The summed E-state index contributed by atoms with van der Waals surface area (Å²) in [5.41, 5.74) is 0.883. The number of hydrogen-bond acceptors (Lipinski definition) is 5. The molecule has 0 aliphatic heterocycles. The molecule has 0 radical (unpaired) electrons. The Kier molecular flexibility index (Phi) is 4.08. The third-order valence-corrected chi connectivity index (χ3v) is 2.97. The molecule has 1 aromatic heterocycles. The van der Waals surface area contributed by atoms with E-state index in [0.717, 1.165) is 23.8 Å². The Hall–Kier alpha value is -2.30. The van der Waals surface area contributed by atoms with Gasteiger partial charge in [0.1, 0.15) is 17.4 Å². The number of carbonyl (C=O) groups is 1. The van der Waals surface area contributed by atoms with Gasteiger partial charge >= 0.3 is 5.63 Å². The van der Waals surface area contributed by atoms with Crippen molar-refractivity contribution in [1.82, 2.24) is 0 Å². The number of ether oxygens (including phenoxy) is 1. The van der Waals surface area contributed by atoms with Gasteiger partial charge in [-0.3, -0.25) is 0 Å². The number of carboxylic acid groups (broad SMARTS) is 1. The third kappa shape index (κ3) is 2.99. The van der Waals surface area contributed by atoms with E-state index in [-0.39, 0.29) is 0 Å². The van der Waals surface area contributed by atoms with Crippen LogP contribution in [0.3, 0.4) is 0 Å². The van der Waals surface area contributed by atoms with Crippen LogP contribution < -0.4 is 15.5 Å². The van der Waals surface area contributed by atoms with Crippen LogP contribution in [0.25, 0.3) is 11.0 Å². The van der Waals surface area contributed by atoms with Gasteiger partial charge in [-0.15, -0.1) is 0 Å². The highest BCUT2D eigenvalue weighted by Gasteiger charge is 2.09. The first-order chi connectivity index (χ1) is 9.51. The van der Waals surface area contributed by atoms with Crippen LogP contribution in [-0.2, 0) is 11.2 Å². The molecule has 1 heterocycles. The zero-order chi connectivity index (χ0) is 14.7. The second-order valence-corrected chi connectivity index (χ2v) is 4.58. The van der Waals surface area contributed by atoms with Gasteiger partial charge in [0.05, 0.1) is 5.97 Å². The second-order valence-electron chi connectivity index (χ2n) is 4.58. The number of aryl methyl sites for hydroxylation is 1. The predicted octanol–water partition coefficient (Wildman–Crippen LogP) is 1.26. The van der Waals surface area contributed by atoms with Crippen LogP contribution in [0.1, 0.15) is 25.8 Å². The third-order valence-electron chi connectivity index (χ3n) is 2.97. The number of rotatable bonds is 5. The quantitative estimate of drug-likeness (QED) is 0.767. The Bertz CT molecular complexity index is 686. The van der Waals surface area contributed by atoms with E-state index < -0.39 is 17.7 Å². The summed E-state index contributed by atoms with van der Waals surface area (Å²) >= 11 is 0. The molecule has 0 spiro atoms. The Balaban J connectivity index is 2.44. The van der Waals surface area contributed by atoms with Gasteiger partial charge in [0.15, 0.2) is 0 Å². The molecule has 0 unspecified atom stereocenters. The standard InChI is InChI=1S/C15H16O5/c1-3-4-10-7-14(16)20-13-8-11(5-6-12(10)13)19-9(2)15(17)18/h5-9H,3-4H2,1-2H3,(H,17,18)/p-1/t9-/m0/s1. The van der Waals surface area contributed by atoms with Crippen molar-refractivity contribution < 1.29 is 19.1 Å². The smallest absolute Gasteiger partial charge is 0.336 e. The number of benzene rings is 1. The summed E-state index contributed by atoms with van der Waals surface area (Å²) in [6.45, 7) is 3.41. The molecule has 1 aromatic carbocycles. The van der Waals surface area contributed by atoms with Gasteiger partial charge in [-0.1, -0.05) is 13.3 Å². The Labute approximate surface area is 115 Å². The fourth-order valence-electron chi connectivity index (χ4n) is 2.01. The number of fused-ring (bicyclic) bond motifs is 1. The molecule has 0 aliphatic carbocycles. The van der Waals surface area contributed by atoms with Crippen molar-refractivity contribution >= 4 is 16.9 Å². The van der Waals surface area contributed by atoms with Crippen molar-refractivity contribution in [2.24, 2.45) is 0 Å². The lowest BCUT2D eigenvalue weighted by molar-refractivity contribution is -0.312. The number of carbonyl (C=O) groups excluding carboxylic acids is 1. The molecule has 0 saturated carbocycles. The van der Waals surface area contributed by atoms with E-state index in [9.17, 15) is 14.7 Å². The van der Waals surface area contributed by atoms with E-state index in [0.29, 0.717) is 11.3 Å². The average Bonchev–Trinajstić information content (AvgIpc) is 2.38. The van der Waals surface area contributed by atoms with Gasteiger partial charge in [-0.2, -0.15) is 0 Å². The van der Waals surface area contributed by atoms with Gasteiger partial charge in [0.2, 0.25) is 0 Å². The van der Waals surface area contributed by atoms with Gasteiger partial charge in [0, 0.05) is 17.5 Å². The fraction of sp³-hybridized carbons (Fsp3) is 0.333. The Morgan fingerprint density at radius 3 is 2.80 bits per heavy atom. The molecule has 0 bridgehead atoms. The normalized spacial score (nSPS) is 12.3. The number of carboxylic acids is 1. The molecule has 20 heavy (non-hydrogen) atoms. The molecule has 0 aliphatic rings. The van der Waals surface area contributed by atoms with Gasteiger partial charge in [0.25, 0.3) is 0 Å². The summed E-state index contributed by atoms with van der Waals surface area (Å²) in [5.74, 6) is -0.975. The molecular formula is C15H15O5-. The minimum Gasteiger partial charge on any atom is -0.546 e. The first-order valence-electron chi connectivity index (χ1n) is 6.45. The minimum atomic E-state index is -1.30. The van der Waals surface area contributed by atoms with Crippen LogP contribution in [-0.4, -0.2) is 12.1 Å². The average molecular weight is 275 g/mol. The molecule has 5 heteroatoms. The molecule has 1 atom stereocenters. The van der Waals surface area contributed by atoms with Crippen LogP contribution in [0.4, 0.5) is 0 Å². The zero-order valence-corrected chi connectivity index (χ0v) is 11.3. The molecular weight excluding hydrogens is 260 g/mol. The summed E-state index contributed by atoms with van der Waals surface area (Å²) < 4.78 is 10.3. The molecule has 5 nitrogen and oxygen atoms in total. The minimum absolute atomic E-state index is 0.325. The maximum absolute atomic E-state index is 11.5. The second kappa shape index (κ2) is 5.77. The van der Waals surface area contributed by atoms with E-state index in [1.807, 2.05) is 6.92 Å². The van der Waals surface area contributed by atoms with E-state index >= 15 is 0 Å². The van der Waals surface area contributed by atoms with Crippen molar-refractivity contribution in [2.45, 2.75) is 32.8 Å². The molecule has 2 rings (SSSR count). The summed E-state index contributed by atoms with van der Waals surface area (Å²) in [6.07, 6.45) is 0.619.